The summed E-state index contributed by atoms with van der Waals surface area (Å²) in [5, 5.41) is -0.505. The van der Waals surface area contributed by atoms with Gasteiger partial charge in [-0.2, -0.15) is 8.78 Å². The van der Waals surface area contributed by atoms with E-state index in [0.29, 0.717) is 11.4 Å². The van der Waals surface area contributed by atoms with E-state index in [1.807, 2.05) is 4.90 Å². The molecule has 0 spiro atoms. The summed E-state index contributed by atoms with van der Waals surface area (Å²) in [6.45, 7) is 1.44. The predicted octanol–water partition coefficient (Wildman–Crippen LogP) is 1.13. The molecule has 0 bridgehead atoms. The van der Waals surface area contributed by atoms with Gasteiger partial charge in [0.15, 0.2) is 0 Å². The first kappa shape index (κ1) is 12.7. The van der Waals surface area contributed by atoms with Crippen LogP contribution in [0.15, 0.2) is 5.16 Å². The Kier molecular flexibility index (Phi) is 2.57. The van der Waals surface area contributed by atoms with Crippen LogP contribution in [0, 0.1) is 0 Å². The summed E-state index contributed by atoms with van der Waals surface area (Å²) in [6.07, 6.45) is 1.76. The van der Waals surface area contributed by atoms with Crippen molar-refractivity contribution in [3.63, 3.8) is 0 Å². The van der Waals surface area contributed by atoms with Crippen LogP contribution in [0.25, 0.3) is 0 Å². The molecule has 2 heterocycles. The van der Waals surface area contributed by atoms with Crippen molar-refractivity contribution >= 4 is 15.7 Å². The van der Waals surface area contributed by atoms with E-state index in [1.54, 1.807) is 0 Å². The molecule has 3 rings (SSSR count). The Morgan fingerprint density at radius 1 is 1.26 bits per heavy atom. The summed E-state index contributed by atoms with van der Waals surface area (Å²) in [6, 6.07) is 0. The van der Waals surface area contributed by atoms with Gasteiger partial charge in [0.25, 0.3) is 5.92 Å². The van der Waals surface area contributed by atoms with Crippen LogP contribution in [0.3, 0.4) is 0 Å². The second-order valence-corrected chi connectivity index (χ2v) is 6.88. The van der Waals surface area contributed by atoms with Gasteiger partial charge in [-0.3, -0.25) is 0 Å². The lowest BCUT2D eigenvalue weighted by Crippen LogP contribution is -2.39. The Balaban J connectivity index is 2.22. The summed E-state index contributed by atoms with van der Waals surface area (Å²) in [5.41, 5.74) is -0.0121. The largest absolute Gasteiger partial charge is 0.356 e. The van der Waals surface area contributed by atoms with Crippen molar-refractivity contribution in [2.75, 3.05) is 24.2 Å². The maximum Gasteiger partial charge on any atom is 0.290 e. The maximum absolute atomic E-state index is 13.8. The highest BCUT2D eigenvalue weighted by Crippen LogP contribution is 2.44. The molecule has 19 heavy (non-hydrogen) atoms. The minimum atomic E-state index is -3.70. The second kappa shape index (κ2) is 3.84. The Hall–Kier alpha value is -1.31. The molecule has 0 saturated carbocycles. The average molecular weight is 289 g/mol. The van der Waals surface area contributed by atoms with E-state index < -0.39 is 26.6 Å². The number of aromatic nitrogens is 2. The molecule has 0 amide bonds. The number of alkyl halides is 2. The van der Waals surface area contributed by atoms with Gasteiger partial charge in [-0.15, -0.1) is 0 Å². The lowest BCUT2D eigenvalue weighted by atomic mass is 10.1. The van der Waals surface area contributed by atoms with Crippen LogP contribution < -0.4 is 4.90 Å². The number of hydrogen-bond acceptors (Lipinski definition) is 5. The van der Waals surface area contributed by atoms with Gasteiger partial charge < -0.3 is 4.90 Å². The van der Waals surface area contributed by atoms with E-state index >= 15 is 0 Å². The van der Waals surface area contributed by atoms with Crippen molar-refractivity contribution in [1.82, 2.24) is 9.97 Å². The van der Waals surface area contributed by atoms with Gasteiger partial charge in [0.1, 0.15) is 11.5 Å². The van der Waals surface area contributed by atoms with Gasteiger partial charge in [-0.1, -0.05) is 0 Å². The number of nitrogens with zero attached hydrogens (tertiary/aromatic N) is 3. The molecule has 5 nitrogen and oxygen atoms in total. The molecule has 0 N–H and O–H groups in total. The highest BCUT2D eigenvalue weighted by molar-refractivity contribution is 7.90. The summed E-state index contributed by atoms with van der Waals surface area (Å²) < 4.78 is 50.6. The zero-order valence-electron chi connectivity index (χ0n) is 10.4. The monoisotopic (exact) mass is 289 g/mol. The molecule has 0 radical (unpaired) electrons. The molecule has 2 aliphatic rings. The van der Waals surface area contributed by atoms with Crippen LogP contribution in [0.1, 0.15) is 24.1 Å². The zero-order chi connectivity index (χ0) is 13.8. The molecule has 0 aromatic carbocycles. The van der Waals surface area contributed by atoms with Crippen molar-refractivity contribution < 1.29 is 17.2 Å². The molecular formula is C11H13F2N3O2S. The SMILES string of the molecule is CS(=O)(=O)c1nc(N2CCC2)c2c(n1)C(F)(F)CC2. The molecule has 1 fully saturated rings. The maximum atomic E-state index is 13.8. The molecule has 1 saturated heterocycles. The molecule has 1 aromatic rings. The Labute approximate surface area is 109 Å². The normalized spacial score (nSPS) is 21.1. The standard InChI is InChI=1S/C11H13F2N3O2S/c1-19(17,18)10-14-8-7(3-4-11(8,12)13)9(15-10)16-5-2-6-16/h2-6H2,1H3. The van der Waals surface area contributed by atoms with Crippen molar-refractivity contribution in [3.8, 4) is 0 Å². The predicted molar refractivity (Wildman–Crippen MR) is 64.2 cm³/mol. The third kappa shape index (κ3) is 1.98. The fourth-order valence-electron chi connectivity index (χ4n) is 2.34. The molecule has 0 unspecified atom stereocenters. The fourth-order valence-corrected chi connectivity index (χ4v) is 2.85. The molecule has 1 aliphatic heterocycles. The van der Waals surface area contributed by atoms with Crippen molar-refractivity contribution in [2.45, 2.75) is 30.3 Å². The lowest BCUT2D eigenvalue weighted by Gasteiger charge is -2.33. The third-order valence-electron chi connectivity index (χ3n) is 3.49. The molecular weight excluding hydrogens is 276 g/mol. The van der Waals surface area contributed by atoms with Crippen LogP contribution in [0.5, 0.6) is 0 Å². The van der Waals surface area contributed by atoms with E-state index in [2.05, 4.69) is 9.97 Å². The highest BCUT2D eigenvalue weighted by Gasteiger charge is 2.44. The summed E-state index contributed by atoms with van der Waals surface area (Å²) in [4.78, 5) is 9.43. The zero-order valence-corrected chi connectivity index (χ0v) is 11.2. The molecule has 1 aliphatic carbocycles. The minimum Gasteiger partial charge on any atom is -0.356 e. The van der Waals surface area contributed by atoms with Crippen molar-refractivity contribution in [3.05, 3.63) is 11.3 Å². The number of hydrogen-bond donors (Lipinski definition) is 0. The van der Waals surface area contributed by atoms with Crippen molar-refractivity contribution in [1.29, 1.82) is 0 Å². The van der Waals surface area contributed by atoms with Crippen LogP contribution in [-0.2, 0) is 22.2 Å². The number of sulfone groups is 1. The topological polar surface area (TPSA) is 63.2 Å². The molecule has 104 valence electrons. The van der Waals surface area contributed by atoms with E-state index in [9.17, 15) is 17.2 Å². The van der Waals surface area contributed by atoms with Gasteiger partial charge in [0, 0.05) is 31.3 Å². The Bertz CT molecular complexity index is 642. The first-order valence-corrected chi connectivity index (χ1v) is 7.92. The lowest BCUT2D eigenvalue weighted by molar-refractivity contribution is -0.00653. The van der Waals surface area contributed by atoms with Crippen LogP contribution in [0.2, 0.25) is 0 Å². The third-order valence-corrected chi connectivity index (χ3v) is 4.33. The molecule has 8 heteroatoms. The molecule has 1 aromatic heterocycles. The van der Waals surface area contributed by atoms with Gasteiger partial charge in [0.05, 0.1) is 0 Å². The first-order chi connectivity index (χ1) is 8.79. The van der Waals surface area contributed by atoms with E-state index in [-0.39, 0.29) is 12.8 Å². The quantitative estimate of drug-likeness (QED) is 0.764. The Morgan fingerprint density at radius 3 is 2.47 bits per heavy atom. The van der Waals surface area contributed by atoms with Gasteiger partial charge in [-0.05, 0) is 12.8 Å². The van der Waals surface area contributed by atoms with Gasteiger partial charge in [-0.25, -0.2) is 18.4 Å². The second-order valence-electron chi connectivity index (χ2n) is 4.97. The average Bonchev–Trinajstić information content (AvgIpc) is 2.51. The summed E-state index contributed by atoms with van der Waals surface area (Å²) >= 11 is 0. The number of rotatable bonds is 2. The number of fused-ring (bicyclic) bond motifs is 1. The van der Waals surface area contributed by atoms with Gasteiger partial charge in [0.2, 0.25) is 15.0 Å². The van der Waals surface area contributed by atoms with E-state index in [1.165, 1.54) is 0 Å². The van der Waals surface area contributed by atoms with E-state index in [0.717, 1.165) is 25.8 Å². The summed E-state index contributed by atoms with van der Waals surface area (Å²) in [7, 11) is -3.70. The number of halogens is 2. The first-order valence-electron chi connectivity index (χ1n) is 6.03. The smallest absolute Gasteiger partial charge is 0.290 e. The number of anilines is 1. The van der Waals surface area contributed by atoms with Crippen LogP contribution >= 0.6 is 0 Å². The van der Waals surface area contributed by atoms with Gasteiger partial charge >= 0.3 is 0 Å². The highest BCUT2D eigenvalue weighted by atomic mass is 32.2. The Morgan fingerprint density at radius 2 is 1.95 bits per heavy atom. The molecule has 0 atom stereocenters. The van der Waals surface area contributed by atoms with E-state index in [4.69, 9.17) is 0 Å². The fraction of sp³-hybridized carbons (Fsp3) is 0.636. The minimum absolute atomic E-state index is 0.193. The van der Waals surface area contributed by atoms with Crippen LogP contribution in [-0.4, -0.2) is 37.7 Å². The van der Waals surface area contributed by atoms with Crippen LogP contribution in [0.4, 0.5) is 14.6 Å². The van der Waals surface area contributed by atoms with Crippen molar-refractivity contribution in [2.24, 2.45) is 0 Å². The summed E-state index contributed by atoms with van der Waals surface area (Å²) in [5.74, 6) is -2.69.